The van der Waals surface area contributed by atoms with Gasteiger partial charge in [0.25, 0.3) is 0 Å². The van der Waals surface area contributed by atoms with E-state index in [2.05, 4.69) is 77.7 Å². The molecule has 1 aromatic carbocycles. The van der Waals surface area contributed by atoms with E-state index in [-0.39, 0.29) is 30.0 Å². The molecule has 0 radical (unpaired) electrons. The Hall–Kier alpha value is -1.81. The third-order valence-corrected chi connectivity index (χ3v) is 6.77. The van der Waals surface area contributed by atoms with E-state index in [0.717, 1.165) is 36.9 Å². The Kier molecular flexibility index (Phi) is 10.5. The molecule has 1 aliphatic rings. The van der Waals surface area contributed by atoms with Crippen LogP contribution < -0.4 is 15.4 Å². The Balaban J connectivity index is 0.00000385. The first-order valence-corrected chi connectivity index (χ1v) is 11.6. The van der Waals surface area contributed by atoms with Crippen molar-refractivity contribution < 1.29 is 4.74 Å². The van der Waals surface area contributed by atoms with Gasteiger partial charge in [0.15, 0.2) is 5.96 Å². The Morgan fingerprint density at radius 3 is 2.52 bits per heavy atom. The maximum absolute atomic E-state index is 5.34. The molecule has 3 rings (SSSR count). The molecule has 1 aliphatic heterocycles. The second-order valence-electron chi connectivity index (χ2n) is 9.08. The normalized spacial score (nSPS) is 20.2. The van der Waals surface area contributed by atoms with Gasteiger partial charge in [0.05, 0.1) is 12.8 Å². The average molecular weight is 569 g/mol. The summed E-state index contributed by atoms with van der Waals surface area (Å²) >= 11 is 0. The molecule has 2 heterocycles. The van der Waals surface area contributed by atoms with Crippen molar-refractivity contribution in [3.05, 3.63) is 46.8 Å². The van der Waals surface area contributed by atoms with Crippen LogP contribution >= 0.6 is 24.0 Å². The number of rotatable bonds is 7. The predicted octanol–water partition coefficient (Wildman–Crippen LogP) is 3.84. The zero-order valence-electron chi connectivity index (χ0n) is 21.2. The number of nitrogens with one attached hydrogen (secondary N) is 2. The lowest BCUT2D eigenvalue weighted by molar-refractivity contribution is 0.122. The summed E-state index contributed by atoms with van der Waals surface area (Å²) in [4.78, 5) is 6.96. The van der Waals surface area contributed by atoms with Crippen molar-refractivity contribution in [3.63, 3.8) is 0 Å². The molecule has 184 valence electrons. The maximum Gasteiger partial charge on any atom is 0.191 e. The van der Waals surface area contributed by atoms with E-state index < -0.39 is 0 Å². The zero-order valence-corrected chi connectivity index (χ0v) is 23.5. The average Bonchev–Trinajstić information content (AvgIpc) is 3.02. The van der Waals surface area contributed by atoms with E-state index in [1.54, 1.807) is 7.11 Å². The highest BCUT2D eigenvalue weighted by Crippen LogP contribution is 2.35. The SMILES string of the molecule is CN=C(NCC1CCCN(C)C1c1ccc(OC)cc1)NC(C)Cc1c(C)nn(C)c1C.I. The zero-order chi connectivity index (χ0) is 23.3. The van der Waals surface area contributed by atoms with Gasteiger partial charge in [0.2, 0.25) is 0 Å². The first kappa shape index (κ1) is 27.4. The number of ether oxygens (including phenoxy) is 1. The number of likely N-dealkylation sites (tertiary alicyclic amines) is 1. The van der Waals surface area contributed by atoms with E-state index in [4.69, 9.17) is 4.74 Å². The maximum atomic E-state index is 5.34. The lowest BCUT2D eigenvalue weighted by Gasteiger charge is -2.40. The lowest BCUT2D eigenvalue weighted by atomic mass is 9.85. The van der Waals surface area contributed by atoms with Crippen molar-refractivity contribution in [2.45, 2.75) is 52.1 Å². The van der Waals surface area contributed by atoms with Crippen molar-refractivity contribution in [1.82, 2.24) is 25.3 Å². The summed E-state index contributed by atoms with van der Waals surface area (Å²) < 4.78 is 7.31. The highest BCUT2D eigenvalue weighted by atomic mass is 127. The van der Waals surface area contributed by atoms with Crippen molar-refractivity contribution in [2.75, 3.05) is 34.3 Å². The van der Waals surface area contributed by atoms with E-state index in [9.17, 15) is 0 Å². The molecule has 0 amide bonds. The molecule has 0 aliphatic carbocycles. The number of nitrogens with zero attached hydrogens (tertiary/aromatic N) is 4. The fraction of sp³-hybridized carbons (Fsp3) is 0.600. The van der Waals surface area contributed by atoms with Crippen LogP contribution in [0.15, 0.2) is 29.3 Å². The molecule has 7 nitrogen and oxygen atoms in total. The molecule has 33 heavy (non-hydrogen) atoms. The molecular formula is C25H41IN6O. The predicted molar refractivity (Wildman–Crippen MR) is 147 cm³/mol. The standard InChI is InChI=1S/C25H40N6O.HI/c1-17(15-23-18(2)29-31(6)19(23)3)28-25(26-4)27-16-21-9-8-14-30(5)24(21)20-10-12-22(32-7)13-11-20;/h10-13,17,21,24H,8-9,14-16H2,1-7H3,(H2,26,27,28);1H. The van der Waals surface area contributed by atoms with Crippen LogP contribution in [0.25, 0.3) is 0 Å². The molecule has 2 N–H and O–H groups in total. The van der Waals surface area contributed by atoms with Crippen LogP contribution in [0, 0.1) is 19.8 Å². The Morgan fingerprint density at radius 2 is 1.94 bits per heavy atom. The topological polar surface area (TPSA) is 66.7 Å². The summed E-state index contributed by atoms with van der Waals surface area (Å²) in [7, 11) is 7.79. The van der Waals surface area contributed by atoms with Crippen LogP contribution in [0.3, 0.4) is 0 Å². The van der Waals surface area contributed by atoms with Crippen LogP contribution in [-0.4, -0.2) is 61.0 Å². The molecule has 1 aromatic heterocycles. The number of halogens is 1. The van der Waals surface area contributed by atoms with Gasteiger partial charge < -0.3 is 15.4 Å². The monoisotopic (exact) mass is 568 g/mol. The van der Waals surface area contributed by atoms with Gasteiger partial charge in [-0.15, -0.1) is 24.0 Å². The number of guanidine groups is 1. The summed E-state index contributed by atoms with van der Waals surface area (Å²) in [6.07, 6.45) is 3.35. The van der Waals surface area contributed by atoms with Gasteiger partial charge in [-0.05, 0) is 82.8 Å². The quantitative estimate of drug-likeness (QED) is 0.302. The fourth-order valence-corrected chi connectivity index (χ4v) is 4.93. The number of hydrogen-bond donors (Lipinski definition) is 2. The molecule has 3 unspecified atom stereocenters. The van der Waals surface area contributed by atoms with Crippen LogP contribution in [0.1, 0.15) is 48.3 Å². The van der Waals surface area contributed by atoms with Crippen molar-refractivity contribution in [2.24, 2.45) is 18.0 Å². The minimum Gasteiger partial charge on any atom is -0.497 e. The first-order valence-electron chi connectivity index (χ1n) is 11.6. The van der Waals surface area contributed by atoms with Crippen molar-refractivity contribution >= 4 is 29.9 Å². The molecule has 0 bridgehead atoms. The molecule has 0 saturated carbocycles. The largest absolute Gasteiger partial charge is 0.497 e. The Bertz CT molecular complexity index is 910. The number of methoxy groups -OCH3 is 1. The van der Waals surface area contributed by atoms with E-state index in [0.29, 0.717) is 12.0 Å². The molecule has 8 heteroatoms. The van der Waals surface area contributed by atoms with Gasteiger partial charge >= 0.3 is 0 Å². The number of aromatic nitrogens is 2. The number of aliphatic imine (C=N–C) groups is 1. The Morgan fingerprint density at radius 1 is 1.24 bits per heavy atom. The molecule has 1 fully saturated rings. The second kappa shape index (κ2) is 12.6. The van der Waals surface area contributed by atoms with Gasteiger partial charge in [0, 0.05) is 38.4 Å². The summed E-state index contributed by atoms with van der Waals surface area (Å²) in [6.45, 7) is 8.43. The third kappa shape index (κ3) is 6.85. The fourth-order valence-electron chi connectivity index (χ4n) is 4.93. The summed E-state index contributed by atoms with van der Waals surface area (Å²) in [5.74, 6) is 2.27. The smallest absolute Gasteiger partial charge is 0.191 e. The van der Waals surface area contributed by atoms with Gasteiger partial charge in [-0.3, -0.25) is 14.6 Å². The number of hydrogen-bond acceptors (Lipinski definition) is 4. The molecule has 2 aromatic rings. The lowest BCUT2D eigenvalue weighted by Crippen LogP contribution is -2.47. The summed E-state index contributed by atoms with van der Waals surface area (Å²) in [5.41, 5.74) is 5.00. The third-order valence-electron chi connectivity index (χ3n) is 6.77. The Labute approximate surface area is 216 Å². The highest BCUT2D eigenvalue weighted by molar-refractivity contribution is 14.0. The molecule has 3 atom stereocenters. The first-order chi connectivity index (χ1) is 15.3. The number of aryl methyl sites for hydroxylation is 2. The van der Waals surface area contributed by atoms with E-state index in [1.165, 1.54) is 29.7 Å². The minimum atomic E-state index is 0. The van der Waals surface area contributed by atoms with Crippen LogP contribution in [0.4, 0.5) is 0 Å². The second-order valence-corrected chi connectivity index (χ2v) is 9.08. The van der Waals surface area contributed by atoms with Gasteiger partial charge in [0.1, 0.15) is 5.75 Å². The summed E-state index contributed by atoms with van der Waals surface area (Å²) in [6, 6.07) is 9.17. The molecular weight excluding hydrogens is 527 g/mol. The van der Waals surface area contributed by atoms with Crippen LogP contribution in [0.5, 0.6) is 5.75 Å². The minimum absolute atomic E-state index is 0. The van der Waals surface area contributed by atoms with Gasteiger partial charge in [-0.1, -0.05) is 12.1 Å². The molecule has 1 saturated heterocycles. The molecule has 0 spiro atoms. The number of benzene rings is 1. The highest BCUT2D eigenvalue weighted by Gasteiger charge is 2.30. The summed E-state index contributed by atoms with van der Waals surface area (Å²) in [5, 5.41) is 11.7. The van der Waals surface area contributed by atoms with Gasteiger partial charge in [-0.2, -0.15) is 5.10 Å². The van der Waals surface area contributed by atoms with Gasteiger partial charge in [-0.25, -0.2) is 0 Å². The van der Waals surface area contributed by atoms with Crippen LogP contribution in [-0.2, 0) is 13.5 Å². The van der Waals surface area contributed by atoms with Crippen LogP contribution in [0.2, 0.25) is 0 Å². The van der Waals surface area contributed by atoms with E-state index in [1.807, 2.05) is 18.8 Å². The number of piperidine rings is 1. The van der Waals surface area contributed by atoms with Crippen molar-refractivity contribution in [3.8, 4) is 5.75 Å². The van der Waals surface area contributed by atoms with Crippen molar-refractivity contribution in [1.29, 1.82) is 0 Å². The van der Waals surface area contributed by atoms with E-state index >= 15 is 0 Å².